The predicted molar refractivity (Wildman–Crippen MR) is 107 cm³/mol. The highest BCUT2D eigenvalue weighted by atomic mass is 127. The van der Waals surface area contributed by atoms with Crippen LogP contribution in [0.25, 0.3) is 0 Å². The molecule has 1 aliphatic carbocycles. The van der Waals surface area contributed by atoms with E-state index in [1.807, 2.05) is 6.92 Å². The minimum Gasteiger partial charge on any atom is -0.357 e. The lowest BCUT2D eigenvalue weighted by molar-refractivity contribution is -0.116. The maximum absolute atomic E-state index is 11.8. The molecule has 0 unspecified atom stereocenters. The van der Waals surface area contributed by atoms with Crippen molar-refractivity contribution in [1.82, 2.24) is 10.6 Å². The van der Waals surface area contributed by atoms with Gasteiger partial charge < -0.3 is 16.0 Å². The van der Waals surface area contributed by atoms with Gasteiger partial charge in [0.05, 0.1) is 0 Å². The van der Waals surface area contributed by atoms with Gasteiger partial charge in [0.15, 0.2) is 5.96 Å². The minimum absolute atomic E-state index is 0. The summed E-state index contributed by atoms with van der Waals surface area (Å²) in [4.78, 5) is 16.3. The van der Waals surface area contributed by atoms with Gasteiger partial charge in [0.1, 0.15) is 0 Å². The lowest BCUT2D eigenvalue weighted by Gasteiger charge is -2.10. The molecule has 1 aromatic carbocycles. The van der Waals surface area contributed by atoms with Crippen LogP contribution >= 0.6 is 35.6 Å². The number of benzene rings is 1. The Morgan fingerprint density at radius 2 is 2.00 bits per heavy atom. The van der Waals surface area contributed by atoms with Crippen LogP contribution in [0.15, 0.2) is 29.3 Å². The second-order valence-electron chi connectivity index (χ2n) is 5.34. The van der Waals surface area contributed by atoms with Crippen LogP contribution in [0.1, 0.15) is 32.6 Å². The highest BCUT2D eigenvalue weighted by Crippen LogP contribution is 2.18. The molecule has 0 heterocycles. The van der Waals surface area contributed by atoms with Crippen LogP contribution in [0, 0.1) is 0 Å². The number of amides is 1. The zero-order valence-corrected chi connectivity index (χ0v) is 16.4. The third-order valence-electron chi connectivity index (χ3n) is 3.22. The Kier molecular flexibility index (Phi) is 9.31. The van der Waals surface area contributed by atoms with Crippen LogP contribution in [0.2, 0.25) is 5.02 Å². The van der Waals surface area contributed by atoms with Gasteiger partial charge in [-0.1, -0.05) is 11.6 Å². The fraction of sp³-hybridized carbons (Fsp3) is 0.500. The zero-order chi connectivity index (χ0) is 15.8. The van der Waals surface area contributed by atoms with E-state index in [-0.39, 0.29) is 29.9 Å². The maximum atomic E-state index is 11.8. The van der Waals surface area contributed by atoms with Crippen molar-refractivity contribution in [1.29, 1.82) is 0 Å². The molecule has 0 atom stereocenters. The van der Waals surface area contributed by atoms with Crippen LogP contribution in [0.3, 0.4) is 0 Å². The van der Waals surface area contributed by atoms with Crippen molar-refractivity contribution < 1.29 is 4.79 Å². The molecule has 1 amide bonds. The molecule has 5 nitrogen and oxygen atoms in total. The van der Waals surface area contributed by atoms with E-state index in [1.165, 1.54) is 12.8 Å². The number of hydrogen-bond acceptors (Lipinski definition) is 2. The molecule has 7 heteroatoms. The first kappa shape index (κ1) is 20.0. The van der Waals surface area contributed by atoms with Gasteiger partial charge in [-0.15, -0.1) is 24.0 Å². The Morgan fingerprint density at radius 3 is 2.61 bits per heavy atom. The highest BCUT2D eigenvalue weighted by Gasteiger charge is 2.21. The van der Waals surface area contributed by atoms with Crippen molar-refractivity contribution in [2.45, 2.75) is 38.6 Å². The summed E-state index contributed by atoms with van der Waals surface area (Å²) in [5.74, 6) is 0.848. The van der Waals surface area contributed by atoms with E-state index in [0.29, 0.717) is 24.0 Å². The van der Waals surface area contributed by atoms with Crippen molar-refractivity contribution >= 4 is 53.1 Å². The molecule has 1 aromatic rings. The first-order valence-corrected chi connectivity index (χ1v) is 8.15. The summed E-state index contributed by atoms with van der Waals surface area (Å²) in [6.45, 7) is 3.52. The summed E-state index contributed by atoms with van der Waals surface area (Å²) in [7, 11) is 0. The normalized spacial score (nSPS) is 13.9. The lowest BCUT2D eigenvalue weighted by atomic mass is 10.2. The first-order chi connectivity index (χ1) is 10.7. The Labute approximate surface area is 159 Å². The Balaban J connectivity index is 0.00000264. The highest BCUT2D eigenvalue weighted by molar-refractivity contribution is 14.0. The fourth-order valence-corrected chi connectivity index (χ4v) is 2.05. The number of aliphatic imine (C=N–C) groups is 1. The molecule has 0 radical (unpaired) electrons. The number of carbonyl (C=O) groups excluding carboxylic acids is 1. The Bertz CT molecular complexity index is 517. The van der Waals surface area contributed by atoms with Gasteiger partial charge in [-0.3, -0.25) is 9.79 Å². The molecular formula is C16H24ClIN4O. The third-order valence-corrected chi connectivity index (χ3v) is 3.47. The quantitative estimate of drug-likeness (QED) is 0.258. The minimum atomic E-state index is -0.00215. The van der Waals surface area contributed by atoms with Gasteiger partial charge in [-0.05, 0) is 50.5 Å². The average Bonchev–Trinajstić information content (AvgIpc) is 3.30. The monoisotopic (exact) mass is 450 g/mol. The van der Waals surface area contributed by atoms with Crippen LogP contribution in [0.5, 0.6) is 0 Å². The number of hydrogen-bond donors (Lipinski definition) is 3. The molecule has 0 bridgehead atoms. The molecule has 1 aliphatic rings. The summed E-state index contributed by atoms with van der Waals surface area (Å²) in [5.41, 5.74) is 0.765. The van der Waals surface area contributed by atoms with Crippen molar-refractivity contribution in [3.05, 3.63) is 29.3 Å². The SMILES string of the molecule is CCNC(=NCCCC(=O)Nc1ccc(Cl)cc1)NC1CC1.I. The van der Waals surface area contributed by atoms with Gasteiger partial charge in [0.2, 0.25) is 5.91 Å². The third kappa shape index (κ3) is 8.41. The largest absolute Gasteiger partial charge is 0.357 e. The molecular weight excluding hydrogens is 427 g/mol. The average molecular weight is 451 g/mol. The van der Waals surface area contributed by atoms with Gasteiger partial charge in [-0.25, -0.2) is 0 Å². The van der Waals surface area contributed by atoms with E-state index in [0.717, 1.165) is 24.6 Å². The van der Waals surface area contributed by atoms with Crippen molar-refractivity contribution in [3.8, 4) is 0 Å². The maximum Gasteiger partial charge on any atom is 0.224 e. The molecule has 1 fully saturated rings. The second kappa shape index (κ2) is 10.7. The molecule has 23 heavy (non-hydrogen) atoms. The van der Waals surface area contributed by atoms with Crippen molar-refractivity contribution in [3.63, 3.8) is 0 Å². The summed E-state index contributed by atoms with van der Waals surface area (Å²) in [6.07, 6.45) is 3.61. The second-order valence-corrected chi connectivity index (χ2v) is 5.77. The van der Waals surface area contributed by atoms with Crippen LogP contribution < -0.4 is 16.0 Å². The molecule has 0 aliphatic heterocycles. The van der Waals surface area contributed by atoms with E-state index in [1.54, 1.807) is 24.3 Å². The number of guanidine groups is 1. The Hall–Kier alpha value is -1.02. The number of nitrogens with zero attached hydrogens (tertiary/aromatic N) is 1. The van der Waals surface area contributed by atoms with Crippen LogP contribution in [-0.2, 0) is 4.79 Å². The number of anilines is 1. The van der Waals surface area contributed by atoms with Gasteiger partial charge in [0, 0.05) is 36.3 Å². The van der Waals surface area contributed by atoms with Crippen LogP contribution in [-0.4, -0.2) is 31.0 Å². The van der Waals surface area contributed by atoms with E-state index in [4.69, 9.17) is 11.6 Å². The predicted octanol–water partition coefficient (Wildman–Crippen LogP) is 3.39. The van der Waals surface area contributed by atoms with Crippen molar-refractivity contribution in [2.75, 3.05) is 18.4 Å². The molecule has 3 N–H and O–H groups in total. The topological polar surface area (TPSA) is 65.5 Å². The van der Waals surface area contributed by atoms with E-state index < -0.39 is 0 Å². The standard InChI is InChI=1S/C16H23ClN4O.HI/c1-2-18-16(21-14-9-10-14)19-11-3-4-15(22)20-13-7-5-12(17)6-8-13;/h5-8,14H,2-4,9-11H2,1H3,(H,20,22)(H2,18,19,21);1H. The molecule has 0 spiro atoms. The molecule has 0 saturated heterocycles. The number of nitrogens with one attached hydrogen (secondary N) is 3. The number of rotatable bonds is 7. The summed E-state index contributed by atoms with van der Waals surface area (Å²) >= 11 is 5.81. The number of carbonyl (C=O) groups is 1. The summed E-state index contributed by atoms with van der Waals surface area (Å²) in [5, 5.41) is 10.1. The van der Waals surface area contributed by atoms with Gasteiger partial charge in [-0.2, -0.15) is 0 Å². The smallest absolute Gasteiger partial charge is 0.224 e. The number of halogens is 2. The summed E-state index contributed by atoms with van der Waals surface area (Å²) < 4.78 is 0. The Morgan fingerprint density at radius 1 is 1.30 bits per heavy atom. The van der Waals surface area contributed by atoms with Crippen molar-refractivity contribution in [2.24, 2.45) is 4.99 Å². The van der Waals surface area contributed by atoms with Gasteiger partial charge >= 0.3 is 0 Å². The fourth-order valence-electron chi connectivity index (χ4n) is 1.93. The lowest BCUT2D eigenvalue weighted by Crippen LogP contribution is -2.38. The molecule has 0 aromatic heterocycles. The first-order valence-electron chi connectivity index (χ1n) is 7.77. The van der Waals surface area contributed by atoms with E-state index in [2.05, 4.69) is 20.9 Å². The molecule has 2 rings (SSSR count). The summed E-state index contributed by atoms with van der Waals surface area (Å²) in [6, 6.07) is 7.68. The van der Waals surface area contributed by atoms with Crippen LogP contribution in [0.4, 0.5) is 5.69 Å². The molecule has 128 valence electrons. The van der Waals surface area contributed by atoms with Gasteiger partial charge in [0.25, 0.3) is 0 Å². The zero-order valence-electron chi connectivity index (χ0n) is 13.3. The van der Waals surface area contributed by atoms with E-state index >= 15 is 0 Å². The van der Waals surface area contributed by atoms with E-state index in [9.17, 15) is 4.79 Å². The molecule has 1 saturated carbocycles.